The molecule has 1 amide bonds. The molecule has 0 aliphatic carbocycles. The highest BCUT2D eigenvalue weighted by Gasteiger charge is 2.24. The summed E-state index contributed by atoms with van der Waals surface area (Å²) in [7, 11) is 1.42. The molecule has 0 spiro atoms. The molecular formula is C19H17F2NO6. The van der Waals surface area contributed by atoms with Gasteiger partial charge < -0.3 is 24.3 Å². The van der Waals surface area contributed by atoms with E-state index >= 15 is 0 Å². The van der Waals surface area contributed by atoms with Gasteiger partial charge in [0.05, 0.1) is 12.7 Å². The summed E-state index contributed by atoms with van der Waals surface area (Å²) in [6.07, 6.45) is -1.19. The Morgan fingerprint density at radius 2 is 1.86 bits per heavy atom. The van der Waals surface area contributed by atoms with E-state index < -0.39 is 29.6 Å². The molecule has 0 radical (unpaired) electrons. The molecule has 1 N–H and O–H groups in total. The molecule has 1 aliphatic heterocycles. The molecule has 148 valence electrons. The van der Waals surface area contributed by atoms with Crippen LogP contribution in [0.25, 0.3) is 0 Å². The highest BCUT2D eigenvalue weighted by molar-refractivity contribution is 5.97. The van der Waals surface area contributed by atoms with Crippen molar-refractivity contribution in [3.63, 3.8) is 0 Å². The van der Waals surface area contributed by atoms with Gasteiger partial charge in [-0.3, -0.25) is 4.79 Å². The van der Waals surface area contributed by atoms with Gasteiger partial charge in [-0.2, -0.15) is 0 Å². The quantitative estimate of drug-likeness (QED) is 0.787. The topological polar surface area (TPSA) is 83.1 Å². The predicted molar refractivity (Wildman–Crippen MR) is 93.8 cm³/mol. The number of fused-ring (bicyclic) bond motifs is 1. The number of benzene rings is 2. The molecule has 7 nitrogen and oxygen atoms in total. The number of hydrogen-bond acceptors (Lipinski definition) is 6. The largest absolute Gasteiger partial charge is 0.493 e. The van der Waals surface area contributed by atoms with E-state index in [0.29, 0.717) is 30.5 Å². The monoisotopic (exact) mass is 393 g/mol. The van der Waals surface area contributed by atoms with Gasteiger partial charge in [0, 0.05) is 11.8 Å². The lowest BCUT2D eigenvalue weighted by Gasteiger charge is -2.21. The fourth-order valence-electron chi connectivity index (χ4n) is 2.49. The molecule has 9 heteroatoms. The molecule has 0 fully saturated rings. The highest BCUT2D eigenvalue weighted by atomic mass is 19.2. The van der Waals surface area contributed by atoms with E-state index in [1.807, 2.05) is 0 Å². The van der Waals surface area contributed by atoms with Gasteiger partial charge in [-0.05, 0) is 31.2 Å². The second-order valence-electron chi connectivity index (χ2n) is 5.87. The van der Waals surface area contributed by atoms with Crippen molar-refractivity contribution in [3.05, 3.63) is 47.5 Å². The second-order valence-corrected chi connectivity index (χ2v) is 5.87. The van der Waals surface area contributed by atoms with Crippen LogP contribution in [0.2, 0.25) is 0 Å². The zero-order chi connectivity index (χ0) is 20.3. The number of amides is 1. The standard InChI is InChI=1S/C19H17F2NO6/c1-10(18(23)22-12-3-4-13(20)14(21)9-12)28-19(24)11-7-15(25-2)17-16(8-11)26-5-6-27-17/h3-4,7-10H,5-6H2,1-2H3,(H,22,23)/t10-/m1/s1. The Morgan fingerprint density at radius 3 is 2.57 bits per heavy atom. The van der Waals surface area contributed by atoms with E-state index in [4.69, 9.17) is 18.9 Å². The Kier molecular flexibility index (Phi) is 5.62. The van der Waals surface area contributed by atoms with Crippen molar-refractivity contribution in [2.45, 2.75) is 13.0 Å². The lowest BCUT2D eigenvalue weighted by Crippen LogP contribution is -2.30. The highest BCUT2D eigenvalue weighted by Crippen LogP contribution is 2.40. The molecule has 1 atom stereocenters. The van der Waals surface area contributed by atoms with Gasteiger partial charge in [-0.25, -0.2) is 13.6 Å². The Balaban J connectivity index is 1.69. The van der Waals surface area contributed by atoms with Gasteiger partial charge in [0.2, 0.25) is 5.75 Å². The lowest BCUT2D eigenvalue weighted by atomic mass is 10.1. The molecule has 2 aromatic rings. The fourth-order valence-corrected chi connectivity index (χ4v) is 2.49. The number of halogens is 2. The zero-order valence-corrected chi connectivity index (χ0v) is 15.1. The van der Waals surface area contributed by atoms with Crippen molar-refractivity contribution in [1.82, 2.24) is 0 Å². The second kappa shape index (κ2) is 8.12. The van der Waals surface area contributed by atoms with Crippen LogP contribution in [0.5, 0.6) is 17.2 Å². The van der Waals surface area contributed by atoms with Crippen molar-refractivity contribution >= 4 is 17.6 Å². The van der Waals surface area contributed by atoms with Crippen molar-refractivity contribution in [3.8, 4) is 17.2 Å². The summed E-state index contributed by atoms with van der Waals surface area (Å²) in [6.45, 7) is 2.03. The summed E-state index contributed by atoms with van der Waals surface area (Å²) >= 11 is 0. The number of esters is 1. The van der Waals surface area contributed by atoms with Crippen LogP contribution >= 0.6 is 0 Å². The van der Waals surface area contributed by atoms with E-state index in [0.717, 1.165) is 12.1 Å². The zero-order valence-electron chi connectivity index (χ0n) is 15.1. The molecule has 0 saturated carbocycles. The van der Waals surface area contributed by atoms with Crippen molar-refractivity contribution in [2.24, 2.45) is 0 Å². The van der Waals surface area contributed by atoms with E-state index in [9.17, 15) is 18.4 Å². The van der Waals surface area contributed by atoms with E-state index in [-0.39, 0.29) is 11.3 Å². The minimum absolute atomic E-state index is 0.0350. The van der Waals surface area contributed by atoms with Gasteiger partial charge in [0.15, 0.2) is 29.2 Å². The predicted octanol–water partition coefficient (Wildman–Crippen LogP) is 2.93. The van der Waals surface area contributed by atoms with E-state index in [1.54, 1.807) is 0 Å². The minimum atomic E-state index is -1.19. The third kappa shape index (κ3) is 4.13. The Hall–Kier alpha value is -3.36. The molecule has 1 heterocycles. The molecule has 28 heavy (non-hydrogen) atoms. The van der Waals surface area contributed by atoms with Crippen molar-refractivity contribution in [2.75, 3.05) is 25.6 Å². The molecule has 1 aliphatic rings. The Labute approximate surface area is 159 Å². The van der Waals surface area contributed by atoms with Crippen LogP contribution < -0.4 is 19.5 Å². The minimum Gasteiger partial charge on any atom is -0.493 e. The van der Waals surface area contributed by atoms with Crippen LogP contribution in [0, 0.1) is 11.6 Å². The first kappa shape index (κ1) is 19.4. The molecule has 0 aromatic heterocycles. The van der Waals surface area contributed by atoms with Crippen LogP contribution in [0.1, 0.15) is 17.3 Å². The van der Waals surface area contributed by atoms with Crippen molar-refractivity contribution < 1.29 is 37.3 Å². The third-order valence-electron chi connectivity index (χ3n) is 3.90. The lowest BCUT2D eigenvalue weighted by molar-refractivity contribution is -0.123. The van der Waals surface area contributed by atoms with Crippen LogP contribution in [0.4, 0.5) is 14.5 Å². The summed E-state index contributed by atoms with van der Waals surface area (Å²) < 4.78 is 47.4. The number of anilines is 1. The van der Waals surface area contributed by atoms with E-state index in [2.05, 4.69) is 5.32 Å². The number of methoxy groups -OCH3 is 1. The SMILES string of the molecule is COc1cc(C(=O)O[C@H](C)C(=O)Nc2ccc(F)c(F)c2)cc2c1OCCO2. The van der Waals surface area contributed by atoms with Gasteiger partial charge in [-0.1, -0.05) is 0 Å². The summed E-state index contributed by atoms with van der Waals surface area (Å²) in [5, 5.41) is 2.35. The van der Waals surface area contributed by atoms with Gasteiger partial charge >= 0.3 is 5.97 Å². The van der Waals surface area contributed by atoms with Gasteiger partial charge in [0.1, 0.15) is 13.2 Å². The Morgan fingerprint density at radius 1 is 1.11 bits per heavy atom. The Bertz CT molecular complexity index is 900. The molecular weight excluding hydrogens is 376 g/mol. The number of ether oxygens (including phenoxy) is 4. The first-order valence-electron chi connectivity index (χ1n) is 8.33. The van der Waals surface area contributed by atoms with Crippen LogP contribution in [0.3, 0.4) is 0 Å². The van der Waals surface area contributed by atoms with Crippen LogP contribution in [-0.4, -0.2) is 38.3 Å². The van der Waals surface area contributed by atoms with Crippen LogP contribution in [0.15, 0.2) is 30.3 Å². The molecule has 0 unspecified atom stereocenters. The number of nitrogens with one attached hydrogen (secondary N) is 1. The van der Waals surface area contributed by atoms with E-state index in [1.165, 1.54) is 32.2 Å². The molecule has 3 rings (SSSR count). The summed E-state index contributed by atoms with van der Waals surface area (Å²) in [6, 6.07) is 5.74. The van der Waals surface area contributed by atoms with Crippen LogP contribution in [-0.2, 0) is 9.53 Å². The smallest absolute Gasteiger partial charge is 0.339 e. The molecule has 0 bridgehead atoms. The number of rotatable bonds is 5. The fraction of sp³-hybridized carbons (Fsp3) is 0.263. The number of carbonyl (C=O) groups is 2. The maximum Gasteiger partial charge on any atom is 0.339 e. The third-order valence-corrected chi connectivity index (χ3v) is 3.90. The maximum atomic E-state index is 13.2. The maximum absolute atomic E-state index is 13.2. The first-order chi connectivity index (χ1) is 13.4. The van der Waals surface area contributed by atoms with Gasteiger partial charge in [-0.15, -0.1) is 0 Å². The summed E-state index contributed by atoms with van der Waals surface area (Å²) in [4.78, 5) is 24.6. The van der Waals surface area contributed by atoms with Gasteiger partial charge in [0.25, 0.3) is 5.91 Å². The summed E-state index contributed by atoms with van der Waals surface area (Å²) in [5.74, 6) is -2.63. The summed E-state index contributed by atoms with van der Waals surface area (Å²) in [5.41, 5.74) is 0.140. The molecule has 2 aromatic carbocycles. The normalized spacial score (nSPS) is 13.4. The molecule has 0 saturated heterocycles. The number of hydrogen-bond donors (Lipinski definition) is 1. The van der Waals surface area contributed by atoms with Crippen molar-refractivity contribution in [1.29, 1.82) is 0 Å². The average Bonchev–Trinajstić information content (AvgIpc) is 2.69. The number of carbonyl (C=O) groups excluding carboxylic acids is 2. The first-order valence-corrected chi connectivity index (χ1v) is 8.33. The average molecular weight is 393 g/mol.